The van der Waals surface area contributed by atoms with Crippen molar-refractivity contribution in [2.45, 2.75) is 13.8 Å². The lowest BCUT2D eigenvalue weighted by Gasteiger charge is -2.08. The van der Waals surface area contributed by atoms with Crippen molar-refractivity contribution in [3.05, 3.63) is 27.8 Å². The van der Waals surface area contributed by atoms with Crippen molar-refractivity contribution in [2.75, 3.05) is 0 Å². The Bertz CT molecular complexity index is 372. The summed E-state index contributed by atoms with van der Waals surface area (Å²) in [6, 6.07) is 1.35. The van der Waals surface area contributed by atoms with E-state index in [1.54, 1.807) is 13.8 Å². The van der Waals surface area contributed by atoms with E-state index in [-0.39, 0.29) is 11.3 Å². The van der Waals surface area contributed by atoms with Crippen LogP contribution in [0.4, 0.5) is 0 Å². The maximum Gasteiger partial charge on any atom is 0.339 e. The third kappa shape index (κ3) is 1.60. The Balaban J connectivity index is 3.53. The highest BCUT2D eigenvalue weighted by molar-refractivity contribution is 6.32. The molecular formula is C9H9ClO3. The Morgan fingerprint density at radius 3 is 2.46 bits per heavy atom. The summed E-state index contributed by atoms with van der Waals surface area (Å²) < 4.78 is 0. The lowest BCUT2D eigenvalue weighted by atomic mass is 10.0. The predicted octanol–water partition coefficient (Wildman–Crippen LogP) is 2.36. The molecule has 2 N–H and O–H groups in total. The van der Waals surface area contributed by atoms with Crippen molar-refractivity contribution in [3.63, 3.8) is 0 Å². The highest BCUT2D eigenvalue weighted by atomic mass is 35.5. The normalized spacial score (nSPS) is 10.1. The molecule has 0 fully saturated rings. The smallest absolute Gasteiger partial charge is 0.339 e. The van der Waals surface area contributed by atoms with Crippen LogP contribution in [-0.4, -0.2) is 16.2 Å². The van der Waals surface area contributed by atoms with E-state index < -0.39 is 5.97 Å². The first-order valence-electron chi connectivity index (χ1n) is 3.67. The Labute approximate surface area is 80.6 Å². The Morgan fingerprint density at radius 2 is 2.00 bits per heavy atom. The fourth-order valence-corrected chi connectivity index (χ4v) is 1.36. The van der Waals surface area contributed by atoms with Gasteiger partial charge in [0.1, 0.15) is 11.3 Å². The number of carbonyl (C=O) groups is 1. The molecule has 0 aliphatic heterocycles. The van der Waals surface area contributed by atoms with Crippen molar-refractivity contribution >= 4 is 17.6 Å². The summed E-state index contributed by atoms with van der Waals surface area (Å²) in [5.41, 5.74) is 0.934. The topological polar surface area (TPSA) is 57.5 Å². The average molecular weight is 201 g/mol. The standard InChI is InChI=1S/C9H9ClO3/c1-4-3-6(11)7(9(12)13)5(2)8(4)10/h3,11H,1-2H3,(H,12,13). The van der Waals surface area contributed by atoms with Crippen molar-refractivity contribution in [2.24, 2.45) is 0 Å². The Kier molecular flexibility index (Phi) is 2.48. The van der Waals surface area contributed by atoms with Gasteiger partial charge >= 0.3 is 5.97 Å². The van der Waals surface area contributed by atoms with Crippen LogP contribution in [0.25, 0.3) is 0 Å². The molecule has 0 aromatic heterocycles. The zero-order valence-corrected chi connectivity index (χ0v) is 8.01. The monoisotopic (exact) mass is 200 g/mol. The minimum atomic E-state index is -1.17. The van der Waals surface area contributed by atoms with Gasteiger partial charge in [0.25, 0.3) is 0 Å². The third-order valence-electron chi connectivity index (χ3n) is 1.87. The Hall–Kier alpha value is -1.22. The van der Waals surface area contributed by atoms with Gasteiger partial charge in [0.15, 0.2) is 0 Å². The van der Waals surface area contributed by atoms with Gasteiger partial charge in [0.05, 0.1) is 0 Å². The van der Waals surface area contributed by atoms with E-state index in [0.29, 0.717) is 16.1 Å². The van der Waals surface area contributed by atoms with Crippen LogP contribution in [0.5, 0.6) is 5.75 Å². The summed E-state index contributed by atoms with van der Waals surface area (Å²) >= 11 is 5.82. The van der Waals surface area contributed by atoms with Crippen molar-refractivity contribution in [1.29, 1.82) is 0 Å². The molecule has 0 saturated heterocycles. The number of carboxylic acids is 1. The van der Waals surface area contributed by atoms with Crippen LogP contribution >= 0.6 is 11.6 Å². The van der Waals surface area contributed by atoms with Crippen LogP contribution in [0.3, 0.4) is 0 Å². The molecule has 1 aromatic rings. The van der Waals surface area contributed by atoms with E-state index in [0.717, 1.165) is 0 Å². The lowest BCUT2D eigenvalue weighted by molar-refractivity contribution is 0.0693. The van der Waals surface area contributed by atoms with E-state index in [1.165, 1.54) is 6.07 Å². The van der Waals surface area contributed by atoms with Gasteiger partial charge in [-0.1, -0.05) is 11.6 Å². The van der Waals surface area contributed by atoms with E-state index >= 15 is 0 Å². The molecule has 0 aliphatic carbocycles. The molecule has 0 atom stereocenters. The molecule has 0 unspecified atom stereocenters. The molecule has 13 heavy (non-hydrogen) atoms. The first-order valence-corrected chi connectivity index (χ1v) is 4.05. The zero-order chi connectivity index (χ0) is 10.2. The van der Waals surface area contributed by atoms with E-state index in [9.17, 15) is 9.90 Å². The molecule has 70 valence electrons. The molecule has 1 rings (SSSR count). The van der Waals surface area contributed by atoms with Gasteiger partial charge in [-0.3, -0.25) is 0 Å². The number of aryl methyl sites for hydroxylation is 1. The molecule has 0 spiro atoms. The zero-order valence-electron chi connectivity index (χ0n) is 7.26. The maximum absolute atomic E-state index is 10.7. The van der Waals surface area contributed by atoms with Crippen LogP contribution < -0.4 is 0 Å². The Morgan fingerprint density at radius 1 is 1.46 bits per heavy atom. The first-order chi connectivity index (χ1) is 5.95. The summed E-state index contributed by atoms with van der Waals surface area (Å²) in [6.07, 6.45) is 0. The van der Waals surface area contributed by atoms with Gasteiger partial charge in [0, 0.05) is 5.02 Å². The SMILES string of the molecule is Cc1cc(O)c(C(=O)O)c(C)c1Cl. The molecule has 4 heteroatoms. The second-order valence-electron chi connectivity index (χ2n) is 2.83. The van der Waals surface area contributed by atoms with Gasteiger partial charge < -0.3 is 10.2 Å². The maximum atomic E-state index is 10.7. The number of benzene rings is 1. The van der Waals surface area contributed by atoms with Gasteiger partial charge in [-0.25, -0.2) is 4.79 Å². The number of aromatic hydroxyl groups is 1. The average Bonchev–Trinajstić information content (AvgIpc) is 1.99. The van der Waals surface area contributed by atoms with Crippen molar-refractivity contribution < 1.29 is 15.0 Å². The van der Waals surface area contributed by atoms with Crippen molar-refractivity contribution in [1.82, 2.24) is 0 Å². The number of halogens is 1. The molecule has 3 nitrogen and oxygen atoms in total. The molecule has 0 saturated carbocycles. The third-order valence-corrected chi connectivity index (χ3v) is 2.46. The van der Waals surface area contributed by atoms with Gasteiger partial charge in [-0.05, 0) is 31.0 Å². The summed E-state index contributed by atoms with van der Waals surface area (Å²) in [7, 11) is 0. The van der Waals surface area contributed by atoms with E-state index in [1.807, 2.05) is 0 Å². The van der Waals surface area contributed by atoms with Crippen LogP contribution in [0.2, 0.25) is 5.02 Å². The molecular weight excluding hydrogens is 192 g/mol. The quantitative estimate of drug-likeness (QED) is 0.732. The van der Waals surface area contributed by atoms with Gasteiger partial charge in [-0.15, -0.1) is 0 Å². The van der Waals surface area contributed by atoms with E-state index in [2.05, 4.69) is 0 Å². The summed E-state index contributed by atoms with van der Waals surface area (Å²) in [5.74, 6) is -1.41. The van der Waals surface area contributed by atoms with Gasteiger partial charge in [-0.2, -0.15) is 0 Å². The fraction of sp³-hybridized carbons (Fsp3) is 0.222. The number of rotatable bonds is 1. The van der Waals surface area contributed by atoms with Crippen LogP contribution in [-0.2, 0) is 0 Å². The summed E-state index contributed by atoms with van der Waals surface area (Å²) in [6.45, 7) is 3.28. The second-order valence-corrected chi connectivity index (χ2v) is 3.21. The minimum absolute atomic E-state index is 0.129. The molecule has 1 aromatic carbocycles. The number of phenols is 1. The number of carboxylic acid groups (broad SMARTS) is 1. The van der Waals surface area contributed by atoms with Crippen molar-refractivity contribution in [3.8, 4) is 5.75 Å². The molecule has 0 aliphatic rings. The summed E-state index contributed by atoms with van der Waals surface area (Å²) in [4.78, 5) is 10.7. The molecule has 0 radical (unpaired) electrons. The van der Waals surface area contributed by atoms with Crippen LogP contribution in [0, 0.1) is 13.8 Å². The minimum Gasteiger partial charge on any atom is -0.507 e. The number of aromatic carboxylic acids is 1. The summed E-state index contributed by atoms with van der Waals surface area (Å²) in [5, 5.41) is 18.5. The largest absolute Gasteiger partial charge is 0.507 e. The molecule has 0 bridgehead atoms. The lowest BCUT2D eigenvalue weighted by Crippen LogP contribution is -2.01. The predicted molar refractivity (Wildman–Crippen MR) is 49.6 cm³/mol. The number of hydrogen-bond donors (Lipinski definition) is 2. The first kappa shape index (κ1) is 9.86. The number of hydrogen-bond acceptors (Lipinski definition) is 2. The van der Waals surface area contributed by atoms with E-state index in [4.69, 9.17) is 16.7 Å². The van der Waals surface area contributed by atoms with Crippen LogP contribution in [0.15, 0.2) is 6.07 Å². The fourth-order valence-electron chi connectivity index (χ4n) is 1.21. The van der Waals surface area contributed by atoms with Gasteiger partial charge in [0.2, 0.25) is 0 Å². The highest BCUT2D eigenvalue weighted by Crippen LogP contribution is 2.30. The van der Waals surface area contributed by atoms with Crippen LogP contribution in [0.1, 0.15) is 21.5 Å². The molecule has 0 amide bonds. The second kappa shape index (κ2) is 3.26. The molecule has 0 heterocycles. The highest BCUT2D eigenvalue weighted by Gasteiger charge is 2.16.